The summed E-state index contributed by atoms with van der Waals surface area (Å²) in [6, 6.07) is 0. The molecule has 0 aliphatic rings. The number of carboxylic acids is 1. The van der Waals surface area contributed by atoms with E-state index < -0.39 is 39.7 Å². The van der Waals surface area contributed by atoms with Crippen molar-refractivity contribution in [3.63, 3.8) is 0 Å². The van der Waals surface area contributed by atoms with E-state index in [9.17, 15) is 22.6 Å². The van der Waals surface area contributed by atoms with Gasteiger partial charge in [-0.3, -0.25) is 18.9 Å². The second-order valence-corrected chi connectivity index (χ2v) is 9.47. The molecule has 3 unspecified atom stereocenters. The van der Waals surface area contributed by atoms with Gasteiger partial charge in [-0.05, 0) is 24.7 Å². The summed E-state index contributed by atoms with van der Waals surface area (Å²) in [5.74, 6) is -2.44. The maximum absolute atomic E-state index is 12.2. The minimum atomic E-state index is -4.76. The summed E-state index contributed by atoms with van der Waals surface area (Å²) in [5, 5.41) is 5.47. The Balaban J connectivity index is -0.000000690. The summed E-state index contributed by atoms with van der Waals surface area (Å²) in [5.41, 5.74) is 0. The maximum atomic E-state index is 12.2. The molecule has 0 aliphatic carbocycles. The average molecular weight is 507 g/mol. The zero-order chi connectivity index (χ0) is 25.2. The average Bonchev–Trinajstić information content (AvgIpc) is 2.70. The Morgan fingerprint density at radius 3 is 1.61 bits per heavy atom. The SMILES string of the molecule is CC(=O)O.CCCCC(CC)COC(=O)CC(C(=O)OCC(CC)CCCC)S(=O)(=O)O.[H-].[Na+]. The standard InChI is InChI=1S/C20H38O7S.C2H4O2.Na.H/c1-5-9-11-16(7-3)14-26-19(21)13-18(28(23,24)25)20(22)27-15-17(8-4)12-10-6-2;1-2(3)4;;/h16-18H,5-15H2,1-4H3,(H,23,24,25);1H3,(H,3,4);;/q;;+1;-1. The quantitative estimate of drug-likeness (QED) is 0.180. The van der Waals surface area contributed by atoms with Gasteiger partial charge in [-0.25, -0.2) is 0 Å². The van der Waals surface area contributed by atoms with Crippen LogP contribution in [-0.2, 0) is 34.0 Å². The van der Waals surface area contributed by atoms with Gasteiger partial charge in [0.05, 0.1) is 19.6 Å². The first kappa shape index (κ1) is 36.9. The number of aliphatic carboxylic acids is 1. The van der Waals surface area contributed by atoms with Crippen LogP contribution < -0.4 is 29.6 Å². The van der Waals surface area contributed by atoms with Crippen LogP contribution in [0.2, 0.25) is 0 Å². The Morgan fingerprint density at radius 2 is 1.27 bits per heavy atom. The minimum absolute atomic E-state index is 0. The molecule has 11 heteroatoms. The van der Waals surface area contributed by atoms with Crippen molar-refractivity contribution in [1.82, 2.24) is 0 Å². The Bertz CT molecular complexity index is 640. The van der Waals surface area contributed by atoms with Gasteiger partial charge in [0.15, 0.2) is 5.25 Å². The number of unbranched alkanes of at least 4 members (excludes halogenated alkanes) is 2. The van der Waals surface area contributed by atoms with E-state index in [1.54, 1.807) is 0 Å². The molecule has 33 heavy (non-hydrogen) atoms. The number of carbonyl (C=O) groups excluding carboxylic acids is 2. The van der Waals surface area contributed by atoms with E-state index in [0.29, 0.717) is 0 Å². The minimum Gasteiger partial charge on any atom is -1.00 e. The predicted octanol–water partition coefficient (Wildman–Crippen LogP) is 1.36. The summed E-state index contributed by atoms with van der Waals surface area (Å²) in [4.78, 5) is 33.2. The molecule has 0 aromatic carbocycles. The van der Waals surface area contributed by atoms with Gasteiger partial charge in [-0.1, -0.05) is 66.2 Å². The number of rotatable bonds is 16. The number of esters is 2. The van der Waals surface area contributed by atoms with Crippen LogP contribution in [-0.4, -0.2) is 54.4 Å². The fraction of sp³-hybridized carbons (Fsp3) is 0.864. The molecule has 0 aromatic heterocycles. The van der Waals surface area contributed by atoms with E-state index in [2.05, 4.69) is 13.8 Å². The van der Waals surface area contributed by atoms with E-state index in [4.69, 9.17) is 19.4 Å². The largest absolute Gasteiger partial charge is 1.00 e. The van der Waals surface area contributed by atoms with Crippen molar-refractivity contribution in [3.05, 3.63) is 0 Å². The normalized spacial score (nSPS) is 13.4. The number of hydrogen-bond donors (Lipinski definition) is 2. The van der Waals surface area contributed by atoms with Crippen LogP contribution in [0.3, 0.4) is 0 Å². The van der Waals surface area contributed by atoms with Gasteiger partial charge in [0.2, 0.25) is 0 Å². The monoisotopic (exact) mass is 506 g/mol. The van der Waals surface area contributed by atoms with Crippen molar-refractivity contribution in [3.8, 4) is 0 Å². The molecule has 0 rings (SSSR count). The number of hydrogen-bond acceptors (Lipinski definition) is 7. The van der Waals surface area contributed by atoms with E-state index in [1.165, 1.54) is 0 Å². The summed E-state index contributed by atoms with van der Waals surface area (Å²) in [6.45, 7) is 9.43. The Labute approximate surface area is 222 Å². The molecule has 0 heterocycles. The Morgan fingerprint density at radius 1 is 0.879 bits per heavy atom. The number of ether oxygens (including phenoxy) is 2. The van der Waals surface area contributed by atoms with Crippen LogP contribution in [0.1, 0.15) is 93.8 Å². The van der Waals surface area contributed by atoms with Gasteiger partial charge < -0.3 is 16.0 Å². The molecule has 0 radical (unpaired) electrons. The summed E-state index contributed by atoms with van der Waals surface area (Å²) in [6.07, 6.45) is 6.74. The van der Waals surface area contributed by atoms with Crippen LogP contribution in [0.15, 0.2) is 0 Å². The van der Waals surface area contributed by atoms with Gasteiger partial charge in [0, 0.05) is 6.92 Å². The van der Waals surface area contributed by atoms with Gasteiger partial charge in [-0.15, -0.1) is 0 Å². The predicted molar refractivity (Wildman–Crippen MR) is 123 cm³/mol. The summed E-state index contributed by atoms with van der Waals surface area (Å²) in [7, 11) is -4.76. The molecular weight excluding hydrogens is 463 g/mol. The molecular formula is C22H43NaO9S. The van der Waals surface area contributed by atoms with Crippen LogP contribution in [0, 0.1) is 11.8 Å². The molecule has 9 nitrogen and oxygen atoms in total. The topological polar surface area (TPSA) is 144 Å². The zero-order valence-electron chi connectivity index (χ0n) is 22.2. The summed E-state index contributed by atoms with van der Waals surface area (Å²) < 4.78 is 42.8. The van der Waals surface area contributed by atoms with Gasteiger partial charge >= 0.3 is 41.5 Å². The third-order valence-electron chi connectivity index (χ3n) is 5.00. The van der Waals surface area contributed by atoms with Crippen molar-refractivity contribution in [1.29, 1.82) is 0 Å². The van der Waals surface area contributed by atoms with Crippen molar-refractivity contribution < 1.29 is 72.9 Å². The van der Waals surface area contributed by atoms with E-state index in [1.807, 2.05) is 13.8 Å². The van der Waals surface area contributed by atoms with Crippen molar-refractivity contribution in [2.75, 3.05) is 13.2 Å². The Hall–Kier alpha value is -0.680. The number of carboxylic acid groups (broad SMARTS) is 1. The zero-order valence-corrected chi connectivity index (χ0v) is 24.0. The van der Waals surface area contributed by atoms with Crippen molar-refractivity contribution in [2.45, 2.75) is 97.7 Å². The van der Waals surface area contributed by atoms with E-state index in [-0.39, 0.29) is 56.0 Å². The fourth-order valence-corrected chi connectivity index (χ4v) is 3.48. The fourth-order valence-electron chi connectivity index (χ4n) is 2.82. The van der Waals surface area contributed by atoms with Gasteiger partial charge in [0.25, 0.3) is 16.1 Å². The molecule has 0 aliphatic heterocycles. The van der Waals surface area contributed by atoms with Crippen molar-refractivity contribution >= 4 is 28.0 Å². The Kier molecular flexibility index (Phi) is 24.4. The van der Waals surface area contributed by atoms with Crippen LogP contribution in [0.5, 0.6) is 0 Å². The number of carbonyl (C=O) groups is 3. The first-order chi connectivity index (χ1) is 14.9. The first-order valence-corrected chi connectivity index (χ1v) is 12.9. The van der Waals surface area contributed by atoms with Crippen LogP contribution in [0.25, 0.3) is 0 Å². The van der Waals surface area contributed by atoms with Crippen molar-refractivity contribution in [2.24, 2.45) is 11.8 Å². The molecule has 0 amide bonds. The molecule has 0 spiro atoms. The van der Waals surface area contributed by atoms with Gasteiger partial charge in [-0.2, -0.15) is 8.42 Å². The molecule has 0 saturated carbocycles. The third kappa shape index (κ3) is 21.6. The van der Waals surface area contributed by atoms with E-state index >= 15 is 0 Å². The molecule has 192 valence electrons. The second kappa shape index (κ2) is 21.8. The van der Waals surface area contributed by atoms with Crippen LogP contribution >= 0.6 is 0 Å². The third-order valence-corrected chi connectivity index (χ3v) is 6.08. The molecule has 0 fully saturated rings. The molecule has 2 N–H and O–H groups in total. The van der Waals surface area contributed by atoms with E-state index in [0.717, 1.165) is 58.3 Å². The first-order valence-electron chi connectivity index (χ1n) is 11.4. The summed E-state index contributed by atoms with van der Waals surface area (Å²) >= 11 is 0. The van der Waals surface area contributed by atoms with Crippen LogP contribution in [0.4, 0.5) is 0 Å². The van der Waals surface area contributed by atoms with Gasteiger partial charge in [0.1, 0.15) is 0 Å². The second-order valence-electron chi connectivity index (χ2n) is 7.87. The maximum Gasteiger partial charge on any atom is 1.00 e. The molecule has 0 aromatic rings. The molecule has 0 saturated heterocycles. The smallest absolute Gasteiger partial charge is 1.00 e. The molecule has 0 bridgehead atoms. The molecule has 3 atom stereocenters.